The van der Waals surface area contributed by atoms with Gasteiger partial charge in [-0.2, -0.15) is 0 Å². The van der Waals surface area contributed by atoms with Crippen LogP contribution in [0.3, 0.4) is 0 Å². The minimum atomic E-state index is -0.466. The quantitative estimate of drug-likeness (QED) is 0.796. The van der Waals surface area contributed by atoms with Gasteiger partial charge in [0.15, 0.2) is 0 Å². The summed E-state index contributed by atoms with van der Waals surface area (Å²) in [5, 5.41) is 0.454. The maximum atomic E-state index is 13.6. The SMILES string of the molecule is COC(=O)c1cnc(-c2ccc(Br)cc2F)s1. The minimum absolute atomic E-state index is 0.352. The highest BCUT2D eigenvalue weighted by Crippen LogP contribution is 2.29. The molecule has 0 saturated heterocycles. The zero-order valence-corrected chi connectivity index (χ0v) is 11.1. The van der Waals surface area contributed by atoms with Gasteiger partial charge < -0.3 is 4.74 Å². The van der Waals surface area contributed by atoms with Crippen molar-refractivity contribution >= 4 is 33.2 Å². The maximum absolute atomic E-state index is 13.6. The zero-order chi connectivity index (χ0) is 12.4. The Kier molecular flexibility index (Phi) is 3.54. The Morgan fingerprint density at radius 1 is 1.53 bits per heavy atom. The highest BCUT2D eigenvalue weighted by Gasteiger charge is 2.14. The average Bonchev–Trinajstić information content (AvgIpc) is 2.77. The first-order valence-electron chi connectivity index (χ1n) is 4.61. The largest absolute Gasteiger partial charge is 0.465 e. The van der Waals surface area contributed by atoms with Gasteiger partial charge >= 0.3 is 5.97 Å². The Bertz CT molecular complexity index is 570. The third-order valence-electron chi connectivity index (χ3n) is 2.05. The molecule has 0 atom stereocenters. The van der Waals surface area contributed by atoms with E-state index in [1.807, 2.05) is 0 Å². The standard InChI is InChI=1S/C11H7BrFNO2S/c1-16-11(15)9-5-14-10(17-9)7-3-2-6(12)4-8(7)13/h2-5H,1H3. The molecule has 0 bridgehead atoms. The van der Waals surface area contributed by atoms with E-state index in [4.69, 9.17) is 0 Å². The smallest absolute Gasteiger partial charge is 0.349 e. The number of ether oxygens (including phenoxy) is 1. The molecule has 17 heavy (non-hydrogen) atoms. The average molecular weight is 316 g/mol. The first-order valence-corrected chi connectivity index (χ1v) is 6.22. The Labute approximate surface area is 109 Å². The normalized spacial score (nSPS) is 10.3. The number of methoxy groups -OCH3 is 1. The van der Waals surface area contributed by atoms with E-state index in [9.17, 15) is 9.18 Å². The van der Waals surface area contributed by atoms with Crippen LogP contribution in [0.25, 0.3) is 10.6 Å². The summed E-state index contributed by atoms with van der Waals surface area (Å²) in [4.78, 5) is 15.6. The van der Waals surface area contributed by atoms with Gasteiger partial charge in [-0.15, -0.1) is 11.3 Å². The molecule has 0 fully saturated rings. The van der Waals surface area contributed by atoms with Crippen LogP contribution in [0.1, 0.15) is 9.67 Å². The van der Waals surface area contributed by atoms with E-state index in [2.05, 4.69) is 25.7 Å². The summed E-state index contributed by atoms with van der Waals surface area (Å²) in [6.07, 6.45) is 1.38. The van der Waals surface area contributed by atoms with Crippen LogP contribution in [-0.2, 0) is 4.74 Å². The van der Waals surface area contributed by atoms with Crippen molar-refractivity contribution in [1.82, 2.24) is 4.98 Å². The van der Waals surface area contributed by atoms with Gasteiger partial charge in [-0.05, 0) is 18.2 Å². The molecule has 1 heterocycles. The van der Waals surface area contributed by atoms with Crippen molar-refractivity contribution in [2.45, 2.75) is 0 Å². The highest BCUT2D eigenvalue weighted by atomic mass is 79.9. The van der Waals surface area contributed by atoms with Crippen molar-refractivity contribution in [2.75, 3.05) is 7.11 Å². The van der Waals surface area contributed by atoms with E-state index < -0.39 is 5.97 Å². The fraction of sp³-hybridized carbons (Fsp3) is 0.0909. The van der Waals surface area contributed by atoms with Gasteiger partial charge in [0, 0.05) is 10.0 Å². The number of carbonyl (C=O) groups excluding carboxylic acids is 1. The second kappa shape index (κ2) is 4.93. The predicted molar refractivity (Wildman–Crippen MR) is 66.5 cm³/mol. The summed E-state index contributed by atoms with van der Waals surface area (Å²) in [6.45, 7) is 0. The Balaban J connectivity index is 2.40. The lowest BCUT2D eigenvalue weighted by molar-refractivity contribution is 0.0606. The first kappa shape index (κ1) is 12.2. The Hall–Kier alpha value is -1.27. The van der Waals surface area contributed by atoms with Crippen molar-refractivity contribution < 1.29 is 13.9 Å². The molecule has 1 aromatic heterocycles. The first-order chi connectivity index (χ1) is 8.11. The summed E-state index contributed by atoms with van der Waals surface area (Å²) in [6, 6.07) is 4.69. The number of esters is 1. The number of nitrogens with zero attached hydrogens (tertiary/aromatic N) is 1. The van der Waals surface area contributed by atoms with Crippen LogP contribution >= 0.6 is 27.3 Å². The lowest BCUT2D eigenvalue weighted by Crippen LogP contribution is -1.96. The van der Waals surface area contributed by atoms with E-state index in [1.165, 1.54) is 19.4 Å². The van der Waals surface area contributed by atoms with E-state index in [0.717, 1.165) is 11.3 Å². The summed E-state index contributed by atoms with van der Waals surface area (Å²) >= 11 is 4.28. The van der Waals surface area contributed by atoms with Crippen LogP contribution in [-0.4, -0.2) is 18.1 Å². The van der Waals surface area contributed by atoms with E-state index in [1.54, 1.807) is 12.1 Å². The van der Waals surface area contributed by atoms with Gasteiger partial charge in [-0.25, -0.2) is 14.2 Å². The zero-order valence-electron chi connectivity index (χ0n) is 8.74. The Morgan fingerprint density at radius 3 is 2.94 bits per heavy atom. The monoisotopic (exact) mass is 315 g/mol. The lowest BCUT2D eigenvalue weighted by atomic mass is 10.2. The third-order valence-corrected chi connectivity index (χ3v) is 3.56. The number of halogens is 2. The van der Waals surface area contributed by atoms with Crippen LogP contribution in [0.5, 0.6) is 0 Å². The fourth-order valence-electron chi connectivity index (χ4n) is 1.26. The van der Waals surface area contributed by atoms with Crippen LogP contribution in [0.15, 0.2) is 28.9 Å². The van der Waals surface area contributed by atoms with Gasteiger partial charge in [0.2, 0.25) is 0 Å². The summed E-state index contributed by atoms with van der Waals surface area (Å²) < 4.78 is 18.9. The number of benzene rings is 1. The van der Waals surface area contributed by atoms with E-state index in [-0.39, 0.29) is 5.82 Å². The molecule has 0 aliphatic rings. The van der Waals surface area contributed by atoms with Crippen LogP contribution < -0.4 is 0 Å². The van der Waals surface area contributed by atoms with E-state index in [0.29, 0.717) is 19.9 Å². The Morgan fingerprint density at radius 2 is 2.29 bits per heavy atom. The lowest BCUT2D eigenvalue weighted by Gasteiger charge is -1.98. The topological polar surface area (TPSA) is 39.2 Å². The molecular weight excluding hydrogens is 309 g/mol. The molecule has 0 aliphatic heterocycles. The molecule has 0 amide bonds. The predicted octanol–water partition coefficient (Wildman–Crippen LogP) is 3.50. The molecule has 2 aromatic rings. The maximum Gasteiger partial charge on any atom is 0.349 e. The molecule has 0 N–H and O–H groups in total. The molecule has 0 unspecified atom stereocenters. The number of thiazole rings is 1. The molecule has 0 radical (unpaired) electrons. The van der Waals surface area contributed by atoms with Gasteiger partial charge in [0.05, 0.1) is 13.3 Å². The molecule has 88 valence electrons. The molecule has 0 saturated carbocycles. The number of hydrogen-bond acceptors (Lipinski definition) is 4. The van der Waals surface area contributed by atoms with Crippen LogP contribution in [0, 0.1) is 5.82 Å². The molecule has 0 spiro atoms. The number of aromatic nitrogens is 1. The summed E-state index contributed by atoms with van der Waals surface area (Å²) in [7, 11) is 1.29. The van der Waals surface area contributed by atoms with Crippen LogP contribution in [0.2, 0.25) is 0 Å². The molecule has 0 aliphatic carbocycles. The van der Waals surface area contributed by atoms with Crippen molar-refractivity contribution in [3.8, 4) is 10.6 Å². The fourth-order valence-corrected chi connectivity index (χ4v) is 2.45. The van der Waals surface area contributed by atoms with Crippen molar-refractivity contribution in [2.24, 2.45) is 0 Å². The number of carbonyl (C=O) groups is 1. The second-order valence-corrected chi connectivity index (χ2v) is 5.09. The van der Waals surface area contributed by atoms with E-state index >= 15 is 0 Å². The summed E-state index contributed by atoms with van der Waals surface area (Å²) in [5.74, 6) is -0.851. The van der Waals surface area contributed by atoms with Gasteiger partial charge in [0.1, 0.15) is 15.7 Å². The van der Waals surface area contributed by atoms with Gasteiger partial charge in [-0.3, -0.25) is 0 Å². The molecule has 6 heteroatoms. The van der Waals surface area contributed by atoms with Crippen molar-refractivity contribution in [1.29, 1.82) is 0 Å². The minimum Gasteiger partial charge on any atom is -0.465 e. The third kappa shape index (κ3) is 2.53. The van der Waals surface area contributed by atoms with Gasteiger partial charge in [0.25, 0.3) is 0 Å². The highest BCUT2D eigenvalue weighted by molar-refractivity contribution is 9.10. The van der Waals surface area contributed by atoms with Gasteiger partial charge in [-0.1, -0.05) is 15.9 Å². The molecule has 3 nitrogen and oxygen atoms in total. The van der Waals surface area contributed by atoms with Crippen molar-refractivity contribution in [3.63, 3.8) is 0 Å². The molecule has 2 rings (SSSR count). The van der Waals surface area contributed by atoms with Crippen molar-refractivity contribution in [3.05, 3.63) is 39.6 Å². The second-order valence-electron chi connectivity index (χ2n) is 3.15. The summed E-state index contributed by atoms with van der Waals surface area (Å²) in [5.41, 5.74) is 0.369. The number of rotatable bonds is 2. The number of hydrogen-bond donors (Lipinski definition) is 0. The van der Waals surface area contributed by atoms with Crippen LogP contribution in [0.4, 0.5) is 4.39 Å². The molecule has 1 aromatic carbocycles. The molecular formula is C11H7BrFNO2S.